The molecule has 0 heterocycles. The average Bonchev–Trinajstić information content (AvgIpc) is 2.55. The Morgan fingerprint density at radius 1 is 0.400 bits per heavy atom. The van der Waals surface area contributed by atoms with Gasteiger partial charge in [-0.25, -0.2) is 0 Å². The fourth-order valence-corrected chi connectivity index (χ4v) is 22.4. The zero-order valence-electron chi connectivity index (χ0n) is 16.9. The van der Waals surface area contributed by atoms with Crippen LogP contribution in [0.5, 0.6) is 0 Å². The van der Waals surface area contributed by atoms with Crippen molar-refractivity contribution in [2.45, 2.75) is 45.7 Å². The number of rotatable bonds is 4. The minimum absolute atomic E-state index is 0. The normalized spacial score (nSPS) is 10.7. The summed E-state index contributed by atoms with van der Waals surface area (Å²) in [5.74, 6) is 0. The molecular formula is C20H36As4Cu+. The van der Waals surface area contributed by atoms with Crippen LogP contribution in [0.1, 0.15) is 0 Å². The molecule has 2 rings (SSSR count). The van der Waals surface area contributed by atoms with Gasteiger partial charge in [-0.1, -0.05) is 0 Å². The van der Waals surface area contributed by atoms with Crippen LogP contribution in [0.15, 0.2) is 48.5 Å². The Kier molecular flexibility index (Phi) is 14.0. The van der Waals surface area contributed by atoms with Gasteiger partial charge in [0, 0.05) is 0 Å². The van der Waals surface area contributed by atoms with E-state index in [0.29, 0.717) is 0 Å². The van der Waals surface area contributed by atoms with E-state index in [-0.39, 0.29) is 17.1 Å². The first-order chi connectivity index (χ1) is 11.3. The van der Waals surface area contributed by atoms with Gasteiger partial charge in [-0.2, -0.15) is 0 Å². The van der Waals surface area contributed by atoms with E-state index < -0.39 is 58.6 Å². The summed E-state index contributed by atoms with van der Waals surface area (Å²) in [5, 5.41) is 0. The van der Waals surface area contributed by atoms with E-state index in [1.807, 2.05) is 0 Å². The first kappa shape index (κ1) is 26.2. The van der Waals surface area contributed by atoms with E-state index in [1.54, 1.807) is 17.4 Å². The van der Waals surface area contributed by atoms with Crippen molar-refractivity contribution in [3.8, 4) is 0 Å². The smallest absolute Gasteiger partial charge is 1.00 e. The van der Waals surface area contributed by atoms with Crippen molar-refractivity contribution in [3.63, 3.8) is 0 Å². The van der Waals surface area contributed by atoms with Crippen molar-refractivity contribution in [2.24, 2.45) is 0 Å². The van der Waals surface area contributed by atoms with E-state index in [0.717, 1.165) is 0 Å². The average molecular weight is 640 g/mol. The van der Waals surface area contributed by atoms with Gasteiger partial charge >= 0.3 is 187 Å². The molecule has 2 aromatic carbocycles. The molecule has 5 heteroatoms. The number of hydrogen-bond acceptors (Lipinski definition) is 0. The van der Waals surface area contributed by atoms with Crippen LogP contribution in [-0.2, 0) is 17.1 Å². The molecule has 146 valence electrons. The molecule has 0 saturated carbocycles. The molecule has 0 fully saturated rings. The summed E-state index contributed by atoms with van der Waals surface area (Å²) in [7, 11) is 0. The third kappa shape index (κ3) is 8.82. The summed E-state index contributed by atoms with van der Waals surface area (Å²) in [4.78, 5) is 0. The molecule has 2 aromatic rings. The Morgan fingerprint density at radius 2 is 0.560 bits per heavy atom. The van der Waals surface area contributed by atoms with Crippen molar-refractivity contribution in [1.29, 1.82) is 0 Å². The zero-order valence-corrected chi connectivity index (χ0v) is 26.3. The Labute approximate surface area is 185 Å². The van der Waals surface area contributed by atoms with Crippen LogP contribution in [0.3, 0.4) is 0 Å². The maximum Gasteiger partial charge on any atom is 1.00 e. The second kappa shape index (κ2) is 13.4. The van der Waals surface area contributed by atoms with Gasteiger partial charge in [0.1, 0.15) is 0 Å². The molecule has 0 bridgehead atoms. The molecule has 0 N–H and O–H groups in total. The Morgan fingerprint density at radius 3 is 0.680 bits per heavy atom. The van der Waals surface area contributed by atoms with Gasteiger partial charge in [-0.3, -0.25) is 0 Å². The summed E-state index contributed by atoms with van der Waals surface area (Å²) in [5.41, 5.74) is 19.6. The standard InChI is InChI=1S/2C10H18As2.Cu/c2*1-11(2)9-7-5-6-8-10(9)12(3)4;/h2*5-8,11-12H,1-4H3;/q;;+1. The van der Waals surface area contributed by atoms with Gasteiger partial charge in [0.15, 0.2) is 0 Å². The molecule has 0 aliphatic carbocycles. The van der Waals surface area contributed by atoms with Gasteiger partial charge in [0.05, 0.1) is 0 Å². The van der Waals surface area contributed by atoms with Gasteiger partial charge in [0.2, 0.25) is 0 Å². The fourth-order valence-electron chi connectivity index (χ4n) is 2.71. The van der Waals surface area contributed by atoms with Crippen LogP contribution < -0.4 is 17.4 Å². The minimum atomic E-state index is -0.836. The van der Waals surface area contributed by atoms with Crippen molar-refractivity contribution in [3.05, 3.63) is 48.5 Å². The van der Waals surface area contributed by atoms with Crippen molar-refractivity contribution >= 4 is 76.0 Å². The molecule has 0 amide bonds. The molecular weight excluding hydrogens is 603 g/mol. The molecule has 0 saturated heterocycles. The van der Waals surface area contributed by atoms with Gasteiger partial charge in [-0.05, 0) is 0 Å². The molecule has 0 unspecified atom stereocenters. The van der Waals surface area contributed by atoms with Gasteiger partial charge in [0.25, 0.3) is 0 Å². The first-order valence-corrected chi connectivity index (χ1v) is 29.6. The van der Waals surface area contributed by atoms with Crippen molar-refractivity contribution in [2.75, 3.05) is 0 Å². The predicted molar refractivity (Wildman–Crippen MR) is 127 cm³/mol. The third-order valence-electron chi connectivity index (χ3n) is 4.01. The van der Waals surface area contributed by atoms with E-state index in [1.165, 1.54) is 0 Å². The van der Waals surface area contributed by atoms with Crippen LogP contribution in [0.4, 0.5) is 0 Å². The molecule has 0 spiro atoms. The zero-order chi connectivity index (χ0) is 18.3. The largest absolute Gasteiger partial charge is 1.00 e. The third-order valence-corrected chi connectivity index (χ3v) is 18.9. The van der Waals surface area contributed by atoms with E-state index >= 15 is 0 Å². The minimum Gasteiger partial charge on any atom is 1.00 e. The molecule has 0 nitrogen and oxygen atoms in total. The van der Waals surface area contributed by atoms with Crippen LogP contribution in [0, 0.1) is 0 Å². The number of hydrogen-bond donors (Lipinski definition) is 0. The van der Waals surface area contributed by atoms with Crippen molar-refractivity contribution in [1.82, 2.24) is 0 Å². The molecule has 0 aliphatic rings. The summed E-state index contributed by atoms with van der Waals surface area (Å²) in [6, 6.07) is 18.2. The maximum absolute atomic E-state index is 2.44. The summed E-state index contributed by atoms with van der Waals surface area (Å²) in [6.07, 6.45) is 0. The molecule has 0 aromatic heterocycles. The monoisotopic (exact) mass is 639 g/mol. The second-order valence-electron chi connectivity index (χ2n) is 7.09. The molecule has 4 radical (unpaired) electrons. The van der Waals surface area contributed by atoms with Crippen LogP contribution in [0.25, 0.3) is 0 Å². The maximum atomic E-state index is 2.44. The van der Waals surface area contributed by atoms with Crippen LogP contribution in [0.2, 0.25) is 45.7 Å². The van der Waals surface area contributed by atoms with Crippen LogP contribution in [-0.4, -0.2) is 58.6 Å². The Bertz CT molecular complexity index is 515. The van der Waals surface area contributed by atoms with E-state index in [9.17, 15) is 0 Å². The topological polar surface area (TPSA) is 0 Å². The van der Waals surface area contributed by atoms with E-state index in [4.69, 9.17) is 0 Å². The predicted octanol–water partition coefficient (Wildman–Crippen LogP) is 2.15. The quantitative estimate of drug-likeness (QED) is 0.451. The summed E-state index contributed by atoms with van der Waals surface area (Å²) >= 11 is -3.34. The van der Waals surface area contributed by atoms with E-state index in [2.05, 4.69) is 94.2 Å². The SMILES string of the molecule is C[AsH](C)c1ccccc1[AsH](C)C.C[AsH](C)c1ccccc1[AsH](C)C.[Cu+]. The Hall–Kier alpha value is 1.19. The van der Waals surface area contributed by atoms with Crippen LogP contribution >= 0.6 is 0 Å². The molecule has 25 heavy (non-hydrogen) atoms. The summed E-state index contributed by atoms with van der Waals surface area (Å²) < 4.78 is 6.94. The van der Waals surface area contributed by atoms with Crippen molar-refractivity contribution < 1.29 is 17.1 Å². The second-order valence-corrected chi connectivity index (χ2v) is 28.4. The first-order valence-electron chi connectivity index (χ1n) is 8.65. The molecule has 0 aliphatic heterocycles. The summed E-state index contributed by atoms with van der Waals surface area (Å²) in [6.45, 7) is 0. The van der Waals surface area contributed by atoms with Gasteiger partial charge in [-0.15, -0.1) is 0 Å². The molecule has 0 atom stereocenters. The van der Waals surface area contributed by atoms with Gasteiger partial charge < -0.3 is 0 Å². The Balaban J connectivity index is 0.000000443. The fraction of sp³-hybridized carbons (Fsp3) is 0.400. The number of benzene rings is 2.